The number of H-pyrrole nitrogens is 1. The Hall–Kier alpha value is -2.07. The lowest BCUT2D eigenvalue weighted by Gasteiger charge is -2.04. The van der Waals surface area contributed by atoms with Crippen LogP contribution in [0.5, 0.6) is 0 Å². The molecule has 0 spiro atoms. The summed E-state index contributed by atoms with van der Waals surface area (Å²) in [4.78, 5) is 15.8. The molecule has 0 bridgehead atoms. The highest BCUT2D eigenvalue weighted by molar-refractivity contribution is 9.10. The van der Waals surface area contributed by atoms with Gasteiger partial charge in [0.1, 0.15) is 0 Å². The molecule has 100 valence electrons. The van der Waals surface area contributed by atoms with Gasteiger partial charge in [0, 0.05) is 38.4 Å². The number of hydrogen-bond acceptors (Lipinski definition) is 2. The number of ketones is 1. The maximum Gasteiger partial charge on any atom is 0.195 e. The van der Waals surface area contributed by atoms with E-state index in [0.29, 0.717) is 16.8 Å². The van der Waals surface area contributed by atoms with Gasteiger partial charge in [-0.3, -0.25) is 4.79 Å². The van der Waals surface area contributed by atoms with E-state index in [1.54, 1.807) is 12.3 Å². The largest absolute Gasteiger partial charge is 0.399 e. The van der Waals surface area contributed by atoms with Crippen LogP contribution in [0, 0.1) is 6.92 Å². The summed E-state index contributed by atoms with van der Waals surface area (Å²) >= 11 is 3.50. The molecule has 4 heteroatoms. The van der Waals surface area contributed by atoms with Crippen LogP contribution < -0.4 is 5.73 Å². The highest BCUT2D eigenvalue weighted by Gasteiger charge is 2.16. The lowest BCUT2D eigenvalue weighted by molar-refractivity contribution is 0.104. The Morgan fingerprint density at radius 1 is 1.25 bits per heavy atom. The molecular formula is C16H13BrN2O. The van der Waals surface area contributed by atoms with Crippen molar-refractivity contribution >= 4 is 38.3 Å². The number of nitrogens with two attached hydrogens (primary N) is 1. The number of aromatic nitrogens is 1. The van der Waals surface area contributed by atoms with Crippen molar-refractivity contribution in [1.82, 2.24) is 4.98 Å². The Labute approximate surface area is 124 Å². The summed E-state index contributed by atoms with van der Waals surface area (Å²) in [7, 11) is 0. The van der Waals surface area contributed by atoms with Crippen LogP contribution >= 0.6 is 15.9 Å². The van der Waals surface area contributed by atoms with E-state index in [0.717, 1.165) is 20.9 Å². The summed E-state index contributed by atoms with van der Waals surface area (Å²) in [6.07, 6.45) is 1.75. The van der Waals surface area contributed by atoms with Crippen molar-refractivity contribution < 1.29 is 4.79 Å². The van der Waals surface area contributed by atoms with Crippen molar-refractivity contribution in [2.45, 2.75) is 6.92 Å². The molecule has 1 aromatic heterocycles. The molecule has 2 aromatic carbocycles. The highest BCUT2D eigenvalue weighted by atomic mass is 79.9. The molecule has 3 nitrogen and oxygen atoms in total. The Balaban J connectivity index is 2.18. The number of rotatable bonds is 2. The Morgan fingerprint density at radius 3 is 2.80 bits per heavy atom. The Morgan fingerprint density at radius 2 is 2.05 bits per heavy atom. The van der Waals surface area contributed by atoms with Gasteiger partial charge in [0.15, 0.2) is 5.78 Å². The molecule has 0 fully saturated rings. The van der Waals surface area contributed by atoms with Crippen molar-refractivity contribution in [3.8, 4) is 0 Å². The van der Waals surface area contributed by atoms with E-state index >= 15 is 0 Å². The van der Waals surface area contributed by atoms with E-state index in [2.05, 4.69) is 20.9 Å². The zero-order valence-electron chi connectivity index (χ0n) is 10.9. The molecule has 3 N–H and O–H groups in total. The molecule has 3 aromatic rings. The van der Waals surface area contributed by atoms with Crippen LogP contribution in [0.15, 0.2) is 47.1 Å². The maximum absolute atomic E-state index is 12.7. The fraction of sp³-hybridized carbons (Fsp3) is 0.0625. The quantitative estimate of drug-likeness (QED) is 0.550. The SMILES string of the molecule is Cc1cc(N)cc(C(=O)c2c[nH]c3cccc(Br)c23)c1. The predicted octanol–water partition coefficient (Wildman–Crippen LogP) is 4.05. The smallest absolute Gasteiger partial charge is 0.195 e. The average Bonchev–Trinajstić information content (AvgIpc) is 2.82. The summed E-state index contributed by atoms with van der Waals surface area (Å²) in [5.41, 5.74) is 9.60. The number of hydrogen-bond donors (Lipinski definition) is 2. The molecule has 1 heterocycles. The molecule has 0 aliphatic heterocycles. The summed E-state index contributed by atoms with van der Waals surface area (Å²) in [5, 5.41) is 0.901. The zero-order chi connectivity index (χ0) is 14.3. The number of halogens is 1. The second kappa shape index (κ2) is 4.80. The summed E-state index contributed by atoms with van der Waals surface area (Å²) in [5.74, 6) is -0.0291. The summed E-state index contributed by atoms with van der Waals surface area (Å²) in [6.45, 7) is 1.93. The lowest BCUT2D eigenvalue weighted by Crippen LogP contribution is -2.02. The van der Waals surface area contributed by atoms with Crippen LogP contribution in [0.2, 0.25) is 0 Å². The van der Waals surface area contributed by atoms with Crippen molar-refractivity contribution in [3.63, 3.8) is 0 Å². The fourth-order valence-electron chi connectivity index (χ4n) is 2.42. The highest BCUT2D eigenvalue weighted by Crippen LogP contribution is 2.29. The first-order valence-corrected chi connectivity index (χ1v) is 7.03. The van der Waals surface area contributed by atoms with Crippen molar-refractivity contribution in [1.29, 1.82) is 0 Å². The Bertz CT molecular complexity index is 800. The number of fused-ring (bicyclic) bond motifs is 1. The lowest BCUT2D eigenvalue weighted by atomic mass is 10.0. The molecule has 0 atom stereocenters. The first kappa shape index (κ1) is 12.9. The second-order valence-corrected chi connectivity index (χ2v) is 5.68. The maximum atomic E-state index is 12.7. The van der Waals surface area contributed by atoms with Gasteiger partial charge in [-0.25, -0.2) is 0 Å². The minimum absolute atomic E-state index is 0.0291. The van der Waals surface area contributed by atoms with E-state index < -0.39 is 0 Å². The van der Waals surface area contributed by atoms with Crippen LogP contribution in [0.4, 0.5) is 5.69 Å². The van der Waals surface area contributed by atoms with Crippen LogP contribution in [-0.2, 0) is 0 Å². The molecule has 0 saturated carbocycles. The summed E-state index contributed by atoms with van der Waals surface area (Å²) in [6, 6.07) is 11.2. The molecule has 0 aliphatic rings. The monoisotopic (exact) mass is 328 g/mol. The topological polar surface area (TPSA) is 58.9 Å². The number of anilines is 1. The minimum atomic E-state index is -0.0291. The van der Waals surface area contributed by atoms with Gasteiger partial charge < -0.3 is 10.7 Å². The molecule has 0 radical (unpaired) electrons. The van der Waals surface area contributed by atoms with Crippen LogP contribution in [0.3, 0.4) is 0 Å². The van der Waals surface area contributed by atoms with Gasteiger partial charge >= 0.3 is 0 Å². The predicted molar refractivity (Wildman–Crippen MR) is 85.0 cm³/mol. The summed E-state index contributed by atoms with van der Waals surface area (Å²) < 4.78 is 0.903. The minimum Gasteiger partial charge on any atom is -0.399 e. The standard InChI is InChI=1S/C16H13BrN2O/c1-9-5-10(7-11(18)6-9)16(20)12-8-19-14-4-2-3-13(17)15(12)14/h2-8,19H,18H2,1H3. The van der Waals surface area contributed by atoms with Gasteiger partial charge in [0.05, 0.1) is 0 Å². The van der Waals surface area contributed by atoms with Gasteiger partial charge in [0.25, 0.3) is 0 Å². The molecular weight excluding hydrogens is 316 g/mol. The number of carbonyl (C=O) groups excluding carboxylic acids is 1. The van der Waals surface area contributed by atoms with Crippen LogP contribution in [0.25, 0.3) is 10.9 Å². The third kappa shape index (κ3) is 2.12. The van der Waals surface area contributed by atoms with Gasteiger partial charge in [-0.05, 0) is 42.8 Å². The molecule has 0 unspecified atom stereocenters. The molecule has 0 aliphatic carbocycles. The zero-order valence-corrected chi connectivity index (χ0v) is 12.5. The van der Waals surface area contributed by atoms with Crippen molar-refractivity contribution in [2.24, 2.45) is 0 Å². The molecule has 0 saturated heterocycles. The Kier molecular flexibility index (Phi) is 3.10. The number of nitrogen functional groups attached to an aromatic ring is 1. The van der Waals surface area contributed by atoms with Crippen LogP contribution in [0.1, 0.15) is 21.5 Å². The molecule has 3 rings (SSSR count). The van der Waals surface area contributed by atoms with E-state index in [-0.39, 0.29) is 5.78 Å². The van der Waals surface area contributed by atoms with Crippen molar-refractivity contribution in [3.05, 3.63) is 63.8 Å². The average molecular weight is 329 g/mol. The molecule has 0 amide bonds. The second-order valence-electron chi connectivity index (χ2n) is 4.83. The van der Waals surface area contributed by atoms with Gasteiger partial charge in [-0.1, -0.05) is 22.0 Å². The third-order valence-corrected chi connectivity index (χ3v) is 3.92. The van der Waals surface area contributed by atoms with E-state index in [4.69, 9.17) is 5.73 Å². The number of benzene rings is 2. The number of aryl methyl sites for hydroxylation is 1. The van der Waals surface area contributed by atoms with E-state index in [1.165, 1.54) is 0 Å². The van der Waals surface area contributed by atoms with Crippen LogP contribution in [-0.4, -0.2) is 10.8 Å². The van der Waals surface area contributed by atoms with E-state index in [1.807, 2.05) is 37.3 Å². The van der Waals surface area contributed by atoms with E-state index in [9.17, 15) is 4.79 Å². The van der Waals surface area contributed by atoms with Gasteiger partial charge in [-0.15, -0.1) is 0 Å². The number of carbonyl (C=O) groups is 1. The molecule has 20 heavy (non-hydrogen) atoms. The normalized spacial score (nSPS) is 10.9. The number of aromatic amines is 1. The first-order valence-electron chi connectivity index (χ1n) is 6.24. The number of nitrogens with one attached hydrogen (secondary N) is 1. The van der Waals surface area contributed by atoms with Gasteiger partial charge in [-0.2, -0.15) is 0 Å². The van der Waals surface area contributed by atoms with Gasteiger partial charge in [0.2, 0.25) is 0 Å². The van der Waals surface area contributed by atoms with Crippen molar-refractivity contribution in [2.75, 3.05) is 5.73 Å². The first-order chi connectivity index (χ1) is 9.56. The third-order valence-electron chi connectivity index (χ3n) is 3.26. The fourth-order valence-corrected chi connectivity index (χ4v) is 3.00.